The Morgan fingerprint density at radius 2 is 1.89 bits per heavy atom. The first-order valence-corrected chi connectivity index (χ1v) is 6.79. The molecule has 100 valence electrons. The first-order valence-electron chi connectivity index (χ1n) is 6.79. The molecule has 3 nitrogen and oxygen atoms in total. The van der Waals surface area contributed by atoms with E-state index in [0.29, 0.717) is 0 Å². The monoisotopic (exact) mass is 249 g/mol. The van der Waals surface area contributed by atoms with E-state index in [1.165, 1.54) is 24.1 Å². The van der Waals surface area contributed by atoms with Crippen molar-refractivity contribution < 1.29 is 9.48 Å². The van der Waals surface area contributed by atoms with E-state index in [4.69, 9.17) is 4.84 Å². The lowest BCUT2D eigenvalue weighted by Gasteiger charge is -2.28. The van der Waals surface area contributed by atoms with Gasteiger partial charge in [0, 0.05) is 19.5 Å². The molecule has 1 unspecified atom stereocenters. The minimum atomic E-state index is 0.740. The topological polar surface area (TPSA) is 12.5 Å². The van der Waals surface area contributed by atoms with Gasteiger partial charge in [0.2, 0.25) is 0 Å². The first kappa shape index (κ1) is 13.5. The molecular formula is C15H25N2O+. The first-order chi connectivity index (χ1) is 8.61. The maximum absolute atomic E-state index is 5.58. The number of hydrogen-bond donors (Lipinski definition) is 0. The molecule has 1 fully saturated rings. The van der Waals surface area contributed by atoms with Crippen LogP contribution in [0.25, 0.3) is 0 Å². The molecule has 0 amide bonds. The quantitative estimate of drug-likeness (QED) is 0.762. The third kappa shape index (κ3) is 3.55. The maximum atomic E-state index is 5.58. The predicted molar refractivity (Wildman–Crippen MR) is 74.0 cm³/mol. The highest BCUT2D eigenvalue weighted by Crippen LogP contribution is 2.13. The second-order valence-electron chi connectivity index (χ2n) is 5.54. The lowest BCUT2D eigenvalue weighted by Crippen LogP contribution is -2.45. The zero-order valence-corrected chi connectivity index (χ0v) is 11.9. The summed E-state index contributed by atoms with van der Waals surface area (Å²) in [6.45, 7) is 7.66. The Bertz CT molecular complexity index is 377. The van der Waals surface area contributed by atoms with Crippen LogP contribution in [0, 0.1) is 6.92 Å². The molecule has 1 atom stereocenters. The van der Waals surface area contributed by atoms with Crippen molar-refractivity contribution in [3.8, 4) is 0 Å². The fourth-order valence-corrected chi connectivity index (χ4v) is 2.50. The number of benzene rings is 1. The molecule has 0 saturated carbocycles. The van der Waals surface area contributed by atoms with Gasteiger partial charge in [-0.3, -0.25) is 4.90 Å². The number of nitrogens with zero attached hydrogens (tertiary/aromatic N) is 2. The molecule has 0 radical (unpaired) electrons. The molecule has 0 spiro atoms. The highest BCUT2D eigenvalue weighted by atomic mass is 16.7. The van der Waals surface area contributed by atoms with Crippen molar-refractivity contribution in [3.63, 3.8) is 0 Å². The van der Waals surface area contributed by atoms with Gasteiger partial charge in [-0.1, -0.05) is 29.8 Å². The van der Waals surface area contributed by atoms with E-state index in [2.05, 4.69) is 43.1 Å². The van der Waals surface area contributed by atoms with E-state index >= 15 is 0 Å². The van der Waals surface area contributed by atoms with Crippen LogP contribution in [0.4, 0.5) is 0 Å². The van der Waals surface area contributed by atoms with Crippen LogP contribution in [-0.4, -0.2) is 49.9 Å². The molecule has 0 aromatic heterocycles. The van der Waals surface area contributed by atoms with Gasteiger partial charge in [0.1, 0.15) is 13.1 Å². The van der Waals surface area contributed by atoms with E-state index < -0.39 is 0 Å². The number of likely N-dealkylation sites (N-methyl/N-ethyl adjacent to an activating group) is 1. The van der Waals surface area contributed by atoms with Gasteiger partial charge in [0.25, 0.3) is 0 Å². The third-order valence-electron chi connectivity index (χ3n) is 3.96. The predicted octanol–water partition coefficient (Wildman–Crippen LogP) is 2.21. The van der Waals surface area contributed by atoms with Crippen molar-refractivity contribution in [1.29, 1.82) is 0 Å². The highest BCUT2D eigenvalue weighted by molar-refractivity contribution is 5.21. The molecule has 1 aliphatic heterocycles. The average molecular weight is 249 g/mol. The molecule has 1 heterocycles. The van der Waals surface area contributed by atoms with Gasteiger partial charge in [-0.05, 0) is 12.5 Å². The Morgan fingerprint density at radius 1 is 1.17 bits per heavy atom. The Hall–Kier alpha value is -0.900. The maximum Gasteiger partial charge on any atom is 0.121 e. The van der Waals surface area contributed by atoms with Gasteiger partial charge in [-0.2, -0.15) is 4.65 Å². The van der Waals surface area contributed by atoms with Crippen molar-refractivity contribution >= 4 is 0 Å². The summed E-state index contributed by atoms with van der Waals surface area (Å²) in [5, 5.41) is 0. The molecular weight excluding hydrogens is 224 g/mol. The molecule has 18 heavy (non-hydrogen) atoms. The summed E-state index contributed by atoms with van der Waals surface area (Å²) in [5.74, 6) is 0. The Labute approximate surface area is 111 Å². The molecule has 1 aromatic rings. The minimum Gasteiger partial charge on any atom is -0.293 e. The number of aryl methyl sites for hydroxylation is 1. The fraction of sp³-hybridized carbons (Fsp3) is 0.600. The van der Waals surface area contributed by atoms with Crippen molar-refractivity contribution in [1.82, 2.24) is 4.90 Å². The lowest BCUT2D eigenvalue weighted by molar-refractivity contribution is -1.09. The summed E-state index contributed by atoms with van der Waals surface area (Å²) in [6.07, 6.45) is 1.20. The van der Waals surface area contributed by atoms with Crippen molar-refractivity contribution in [2.24, 2.45) is 0 Å². The van der Waals surface area contributed by atoms with Crippen molar-refractivity contribution in [3.05, 3.63) is 35.4 Å². The van der Waals surface area contributed by atoms with E-state index in [1.54, 1.807) is 0 Å². The molecule has 2 rings (SSSR count). The molecule has 1 aromatic carbocycles. The normalized spacial score (nSPS) is 25.9. The summed E-state index contributed by atoms with van der Waals surface area (Å²) >= 11 is 0. The zero-order chi connectivity index (χ0) is 13.0. The highest BCUT2D eigenvalue weighted by Gasteiger charge is 2.26. The second kappa shape index (κ2) is 5.83. The van der Waals surface area contributed by atoms with Gasteiger partial charge in [0.05, 0.1) is 20.7 Å². The average Bonchev–Trinajstić information content (AvgIpc) is 2.56. The second-order valence-corrected chi connectivity index (χ2v) is 5.54. The molecule has 1 aliphatic rings. The van der Waals surface area contributed by atoms with Crippen LogP contribution in [0.15, 0.2) is 24.3 Å². The SMILES string of the molecule is CO[N+]1(C)CCCN(Cc2ccc(C)cc2)CC1. The molecule has 0 bridgehead atoms. The van der Waals surface area contributed by atoms with Crippen molar-refractivity contribution in [2.45, 2.75) is 19.9 Å². The smallest absolute Gasteiger partial charge is 0.121 e. The van der Waals surface area contributed by atoms with Crippen LogP contribution < -0.4 is 0 Å². The van der Waals surface area contributed by atoms with Gasteiger partial charge >= 0.3 is 0 Å². The number of rotatable bonds is 3. The third-order valence-corrected chi connectivity index (χ3v) is 3.96. The molecule has 0 N–H and O–H groups in total. The van der Waals surface area contributed by atoms with Crippen molar-refractivity contribution in [2.75, 3.05) is 40.3 Å². The van der Waals surface area contributed by atoms with Crippen LogP contribution in [0.2, 0.25) is 0 Å². The Morgan fingerprint density at radius 3 is 2.56 bits per heavy atom. The van der Waals surface area contributed by atoms with Gasteiger partial charge < -0.3 is 0 Å². The van der Waals surface area contributed by atoms with Crippen LogP contribution >= 0.6 is 0 Å². The summed E-state index contributed by atoms with van der Waals surface area (Å²) in [4.78, 5) is 8.12. The van der Waals surface area contributed by atoms with Crippen LogP contribution in [0.3, 0.4) is 0 Å². The van der Waals surface area contributed by atoms with Gasteiger partial charge in [-0.15, -0.1) is 0 Å². The number of hydrogen-bond acceptors (Lipinski definition) is 2. The van der Waals surface area contributed by atoms with Gasteiger partial charge in [-0.25, -0.2) is 4.84 Å². The van der Waals surface area contributed by atoms with Gasteiger partial charge in [0.15, 0.2) is 0 Å². The summed E-state index contributed by atoms with van der Waals surface area (Å²) in [6, 6.07) is 8.88. The lowest BCUT2D eigenvalue weighted by atomic mass is 10.1. The molecule has 1 saturated heterocycles. The fourth-order valence-electron chi connectivity index (χ4n) is 2.50. The Balaban J connectivity index is 1.92. The number of hydroxylamine groups is 3. The van der Waals surface area contributed by atoms with E-state index in [-0.39, 0.29) is 0 Å². The van der Waals surface area contributed by atoms with E-state index in [1.807, 2.05) is 7.11 Å². The standard InChI is InChI=1S/C15H25N2O/c1-14-5-7-15(8-6-14)13-16-9-4-11-17(2,18-3)12-10-16/h5-8H,4,9-13H2,1-3H3/q+1. The van der Waals surface area contributed by atoms with E-state index in [9.17, 15) is 0 Å². The summed E-state index contributed by atoms with van der Waals surface area (Å²) in [5.41, 5.74) is 2.74. The van der Waals surface area contributed by atoms with Crippen LogP contribution in [0.5, 0.6) is 0 Å². The van der Waals surface area contributed by atoms with E-state index in [0.717, 1.165) is 30.8 Å². The van der Waals surface area contributed by atoms with Crippen LogP contribution in [0.1, 0.15) is 17.5 Å². The zero-order valence-electron chi connectivity index (χ0n) is 11.9. The summed E-state index contributed by atoms with van der Waals surface area (Å²) in [7, 11) is 3.99. The minimum absolute atomic E-state index is 0.740. The number of quaternary nitrogens is 1. The molecule has 3 heteroatoms. The summed E-state index contributed by atoms with van der Waals surface area (Å²) < 4.78 is 0.740. The largest absolute Gasteiger partial charge is 0.293 e. The Kier molecular flexibility index (Phi) is 4.38. The molecule has 0 aliphatic carbocycles. The van der Waals surface area contributed by atoms with Crippen LogP contribution in [-0.2, 0) is 11.4 Å².